The Labute approximate surface area is 198 Å². The van der Waals surface area contributed by atoms with Crippen LogP contribution in [0.3, 0.4) is 0 Å². The van der Waals surface area contributed by atoms with Crippen LogP contribution >= 0.6 is 0 Å². The van der Waals surface area contributed by atoms with Gasteiger partial charge >= 0.3 is 5.97 Å². The maximum Gasteiger partial charge on any atom is 0.316 e. The topological polar surface area (TPSA) is 84.0 Å². The fourth-order valence-corrected chi connectivity index (χ4v) is 5.09. The molecule has 174 valence electrons. The lowest BCUT2D eigenvalue weighted by Gasteiger charge is -2.19. The van der Waals surface area contributed by atoms with Gasteiger partial charge in [-0.25, -0.2) is 4.90 Å². The third-order valence-electron chi connectivity index (χ3n) is 6.91. The second kappa shape index (κ2) is 8.56. The summed E-state index contributed by atoms with van der Waals surface area (Å²) < 4.78 is 5.59. The molecule has 3 atom stereocenters. The largest absolute Gasteiger partial charge is 0.426 e. The molecule has 0 bridgehead atoms. The highest BCUT2D eigenvalue weighted by Gasteiger charge is 2.48. The average Bonchev–Trinajstić information content (AvgIpc) is 3.32. The Hall–Kier alpha value is -3.74. The minimum Gasteiger partial charge on any atom is -0.426 e. The monoisotopic (exact) mass is 458 g/mol. The van der Waals surface area contributed by atoms with Gasteiger partial charge in [-0.05, 0) is 68.1 Å². The van der Waals surface area contributed by atoms with Gasteiger partial charge in [0.05, 0.1) is 23.4 Å². The van der Waals surface area contributed by atoms with Crippen LogP contribution in [0.4, 0.5) is 11.4 Å². The predicted octanol–water partition coefficient (Wildman–Crippen LogP) is 3.72. The third kappa shape index (κ3) is 3.81. The van der Waals surface area contributed by atoms with E-state index in [0.717, 1.165) is 11.3 Å². The molecule has 5 rings (SSSR count). The van der Waals surface area contributed by atoms with Crippen molar-refractivity contribution in [1.82, 2.24) is 0 Å². The van der Waals surface area contributed by atoms with Crippen molar-refractivity contribution in [3.8, 4) is 5.75 Å². The molecule has 0 N–H and O–H groups in total. The maximum atomic E-state index is 12.9. The molecule has 3 amide bonds. The molecule has 2 heterocycles. The van der Waals surface area contributed by atoms with Gasteiger partial charge in [-0.15, -0.1) is 0 Å². The van der Waals surface area contributed by atoms with Crippen molar-refractivity contribution in [2.24, 2.45) is 17.8 Å². The number of benzene rings is 2. The number of aryl methyl sites for hydroxylation is 2. The zero-order chi connectivity index (χ0) is 24.0. The summed E-state index contributed by atoms with van der Waals surface area (Å²) in [6.07, 6.45) is 5.18. The van der Waals surface area contributed by atoms with Crippen molar-refractivity contribution >= 4 is 35.1 Å². The normalized spacial score (nSPS) is 24.1. The van der Waals surface area contributed by atoms with Crippen LogP contribution in [-0.2, 0) is 19.2 Å². The van der Waals surface area contributed by atoms with E-state index >= 15 is 0 Å². The third-order valence-corrected chi connectivity index (χ3v) is 6.91. The number of amides is 3. The highest BCUT2D eigenvalue weighted by molar-refractivity contribution is 6.22. The maximum absolute atomic E-state index is 12.9. The van der Waals surface area contributed by atoms with Gasteiger partial charge in [0.15, 0.2) is 0 Å². The second-order valence-electron chi connectivity index (χ2n) is 9.28. The number of allylic oxidation sites excluding steroid dienone is 2. The Morgan fingerprint density at radius 3 is 2.29 bits per heavy atom. The summed E-state index contributed by atoms with van der Waals surface area (Å²) in [4.78, 5) is 54.0. The molecule has 0 saturated carbocycles. The second-order valence-corrected chi connectivity index (χ2v) is 9.28. The van der Waals surface area contributed by atoms with Gasteiger partial charge in [0.2, 0.25) is 17.7 Å². The Balaban J connectivity index is 1.28. The van der Waals surface area contributed by atoms with Crippen molar-refractivity contribution in [2.45, 2.75) is 33.1 Å². The van der Waals surface area contributed by atoms with Crippen molar-refractivity contribution in [1.29, 1.82) is 0 Å². The smallest absolute Gasteiger partial charge is 0.316 e. The number of esters is 1. The summed E-state index contributed by atoms with van der Waals surface area (Å²) in [6.45, 7) is 4.01. The van der Waals surface area contributed by atoms with Gasteiger partial charge in [-0.3, -0.25) is 19.2 Å². The van der Waals surface area contributed by atoms with Crippen LogP contribution in [0.25, 0.3) is 0 Å². The quantitative estimate of drug-likeness (QED) is 0.302. The molecule has 0 aromatic heterocycles. The first kappa shape index (κ1) is 22.1. The SMILES string of the molecule is Cc1cccc(N2C[C@H](C(=O)Oc3ccc(N4C(=O)[C@H]5CC=CC[C@@H]5C4=O)c(C)c3)CC2=O)c1. The van der Waals surface area contributed by atoms with Crippen molar-refractivity contribution in [3.05, 3.63) is 65.7 Å². The van der Waals surface area contributed by atoms with E-state index in [2.05, 4.69) is 0 Å². The van der Waals surface area contributed by atoms with E-state index in [1.807, 2.05) is 43.3 Å². The average molecular weight is 459 g/mol. The first-order valence-electron chi connectivity index (χ1n) is 11.6. The molecule has 0 spiro atoms. The molecule has 2 saturated heterocycles. The summed E-state index contributed by atoms with van der Waals surface area (Å²) in [5.74, 6) is -1.77. The van der Waals surface area contributed by atoms with Crippen molar-refractivity contribution < 1.29 is 23.9 Å². The van der Waals surface area contributed by atoms with Crippen LogP contribution in [0.5, 0.6) is 5.75 Å². The number of hydrogen-bond acceptors (Lipinski definition) is 5. The van der Waals surface area contributed by atoms with Crippen LogP contribution in [0.1, 0.15) is 30.4 Å². The molecule has 0 radical (unpaired) electrons. The highest BCUT2D eigenvalue weighted by Crippen LogP contribution is 2.39. The number of carbonyl (C=O) groups is 4. The first-order valence-corrected chi connectivity index (χ1v) is 11.6. The summed E-state index contributed by atoms with van der Waals surface area (Å²) in [7, 11) is 0. The van der Waals surface area contributed by atoms with Gasteiger partial charge in [0, 0.05) is 18.7 Å². The van der Waals surface area contributed by atoms with Crippen LogP contribution in [0.2, 0.25) is 0 Å². The van der Waals surface area contributed by atoms with Gasteiger partial charge in [0.25, 0.3) is 0 Å². The lowest BCUT2D eigenvalue weighted by molar-refractivity contribution is -0.139. The van der Waals surface area contributed by atoms with E-state index in [1.54, 1.807) is 30.0 Å². The predicted molar refractivity (Wildman–Crippen MR) is 126 cm³/mol. The van der Waals surface area contributed by atoms with Gasteiger partial charge in [-0.1, -0.05) is 24.3 Å². The number of anilines is 2. The van der Waals surface area contributed by atoms with E-state index in [-0.39, 0.29) is 42.5 Å². The standard InChI is InChI=1S/C27H26N2O5/c1-16-6-5-7-19(12-16)28-15-18(14-24(28)30)27(33)34-20-10-11-23(17(2)13-20)29-25(31)21-8-3-4-9-22(21)26(29)32/h3-7,10-13,18,21-22H,8-9,14-15H2,1-2H3/t18-,21+,22+/m1/s1. The van der Waals surface area contributed by atoms with Crippen LogP contribution in [-0.4, -0.2) is 30.2 Å². The number of fused-ring (bicyclic) bond motifs is 1. The molecular formula is C27H26N2O5. The van der Waals surface area contributed by atoms with Crippen LogP contribution in [0.15, 0.2) is 54.6 Å². The fraction of sp³-hybridized carbons (Fsp3) is 0.333. The number of imide groups is 1. The molecule has 0 unspecified atom stereocenters. The van der Waals surface area contributed by atoms with E-state index in [4.69, 9.17) is 4.74 Å². The molecule has 2 aromatic carbocycles. The molecule has 2 aliphatic heterocycles. The van der Waals surface area contributed by atoms with Crippen LogP contribution < -0.4 is 14.5 Å². The molecule has 34 heavy (non-hydrogen) atoms. The minimum atomic E-state index is -0.564. The molecular weight excluding hydrogens is 432 g/mol. The lowest BCUT2D eigenvalue weighted by Crippen LogP contribution is -2.31. The number of ether oxygens (including phenoxy) is 1. The molecule has 1 aliphatic carbocycles. The van der Waals surface area contributed by atoms with Crippen molar-refractivity contribution in [2.75, 3.05) is 16.3 Å². The number of rotatable bonds is 4. The Kier molecular flexibility index (Phi) is 5.55. The molecule has 2 fully saturated rings. The number of carbonyl (C=O) groups excluding carboxylic acids is 4. The zero-order valence-corrected chi connectivity index (χ0v) is 19.2. The van der Waals surface area contributed by atoms with Crippen molar-refractivity contribution in [3.63, 3.8) is 0 Å². The van der Waals surface area contributed by atoms with Gasteiger partial charge < -0.3 is 9.64 Å². The van der Waals surface area contributed by atoms with E-state index < -0.39 is 11.9 Å². The zero-order valence-electron chi connectivity index (χ0n) is 19.2. The van der Waals surface area contributed by atoms with Gasteiger partial charge in [-0.2, -0.15) is 0 Å². The van der Waals surface area contributed by atoms with E-state index in [0.29, 0.717) is 29.8 Å². The van der Waals surface area contributed by atoms with Crippen LogP contribution in [0, 0.1) is 31.6 Å². The molecule has 3 aliphatic rings. The number of nitrogens with zero attached hydrogens (tertiary/aromatic N) is 2. The van der Waals surface area contributed by atoms with E-state index in [9.17, 15) is 19.2 Å². The number of hydrogen-bond donors (Lipinski definition) is 0. The fourth-order valence-electron chi connectivity index (χ4n) is 5.09. The Bertz CT molecular complexity index is 1210. The molecule has 7 nitrogen and oxygen atoms in total. The molecule has 7 heteroatoms. The summed E-state index contributed by atoms with van der Waals surface area (Å²) in [5.41, 5.74) is 3.00. The summed E-state index contributed by atoms with van der Waals surface area (Å²) >= 11 is 0. The minimum absolute atomic E-state index is 0.0947. The van der Waals surface area contributed by atoms with E-state index in [1.165, 1.54) is 4.90 Å². The highest BCUT2D eigenvalue weighted by atomic mass is 16.5. The Morgan fingerprint density at radius 1 is 0.941 bits per heavy atom. The Morgan fingerprint density at radius 2 is 1.65 bits per heavy atom. The summed E-state index contributed by atoms with van der Waals surface area (Å²) in [5, 5.41) is 0. The lowest BCUT2D eigenvalue weighted by atomic mass is 9.85. The molecule has 2 aromatic rings. The van der Waals surface area contributed by atoms with Gasteiger partial charge in [0.1, 0.15) is 5.75 Å². The summed E-state index contributed by atoms with van der Waals surface area (Å²) in [6, 6.07) is 12.5. The first-order chi connectivity index (χ1) is 16.3.